The summed E-state index contributed by atoms with van der Waals surface area (Å²) >= 11 is 1.56. The van der Waals surface area contributed by atoms with Gasteiger partial charge in [0.25, 0.3) is 5.91 Å². The third-order valence-electron chi connectivity index (χ3n) is 4.93. The van der Waals surface area contributed by atoms with Gasteiger partial charge in [-0.05, 0) is 36.1 Å². The fourth-order valence-corrected chi connectivity index (χ4v) is 4.02. The first-order valence-electron chi connectivity index (χ1n) is 10.6. The predicted octanol–water partition coefficient (Wildman–Crippen LogP) is 5.52. The van der Waals surface area contributed by atoms with Crippen LogP contribution in [0.25, 0.3) is 0 Å². The molecule has 0 bridgehead atoms. The van der Waals surface area contributed by atoms with Crippen molar-refractivity contribution in [3.8, 4) is 5.75 Å². The minimum absolute atomic E-state index is 0.00774. The highest BCUT2D eigenvalue weighted by atomic mass is 32.1. The van der Waals surface area contributed by atoms with Crippen LogP contribution in [0.5, 0.6) is 5.75 Å². The van der Waals surface area contributed by atoms with E-state index in [4.69, 9.17) is 14.5 Å². The number of amides is 1. The van der Waals surface area contributed by atoms with Gasteiger partial charge in [-0.15, -0.1) is 11.3 Å². The van der Waals surface area contributed by atoms with Crippen LogP contribution in [0.4, 0.5) is 0 Å². The van der Waals surface area contributed by atoms with Crippen molar-refractivity contribution < 1.29 is 14.3 Å². The van der Waals surface area contributed by atoms with E-state index in [1.54, 1.807) is 18.4 Å². The van der Waals surface area contributed by atoms with Gasteiger partial charge in [0.2, 0.25) is 0 Å². The van der Waals surface area contributed by atoms with Gasteiger partial charge in [-0.1, -0.05) is 50.2 Å². The number of carbonyl (C=O) groups excluding carboxylic acids is 1. The number of thiazole rings is 1. The van der Waals surface area contributed by atoms with Crippen LogP contribution < -0.4 is 4.74 Å². The molecule has 3 aromatic rings. The molecule has 6 heteroatoms. The summed E-state index contributed by atoms with van der Waals surface area (Å²) < 4.78 is 11.2. The fourth-order valence-electron chi connectivity index (χ4n) is 3.33. The van der Waals surface area contributed by atoms with Crippen LogP contribution in [0.1, 0.15) is 52.8 Å². The maximum atomic E-state index is 13.0. The zero-order chi connectivity index (χ0) is 22.1. The van der Waals surface area contributed by atoms with Crippen molar-refractivity contribution in [1.29, 1.82) is 0 Å². The highest BCUT2D eigenvalue weighted by molar-refractivity contribution is 7.09. The molecule has 0 spiro atoms. The Labute approximate surface area is 188 Å². The first-order chi connectivity index (χ1) is 15.1. The summed E-state index contributed by atoms with van der Waals surface area (Å²) in [6.45, 7) is 6.44. The number of nitrogens with zero attached hydrogens (tertiary/aromatic N) is 2. The summed E-state index contributed by atoms with van der Waals surface area (Å²) in [6.07, 6.45) is 0.779. The zero-order valence-electron chi connectivity index (χ0n) is 18.4. The lowest BCUT2D eigenvalue weighted by molar-refractivity contribution is 0.0721. The lowest BCUT2D eigenvalue weighted by atomic mass is 10.0. The number of rotatable bonds is 11. The minimum atomic E-state index is 0.00774. The molecule has 3 rings (SSSR count). The molecular weight excluding hydrogens is 408 g/mol. The van der Waals surface area contributed by atoms with Crippen molar-refractivity contribution in [2.24, 2.45) is 0 Å². The van der Waals surface area contributed by atoms with Crippen LogP contribution in [-0.4, -0.2) is 36.1 Å². The van der Waals surface area contributed by atoms with Crippen molar-refractivity contribution in [2.75, 3.05) is 20.3 Å². The summed E-state index contributed by atoms with van der Waals surface area (Å²) in [5, 5.41) is 2.91. The molecule has 0 fully saturated rings. The largest absolute Gasteiger partial charge is 0.486 e. The van der Waals surface area contributed by atoms with Crippen LogP contribution in [0.15, 0.2) is 60.0 Å². The molecule has 5 nitrogen and oxygen atoms in total. The average molecular weight is 439 g/mol. The molecule has 0 unspecified atom stereocenters. The van der Waals surface area contributed by atoms with Gasteiger partial charge in [-0.3, -0.25) is 4.79 Å². The van der Waals surface area contributed by atoms with Crippen molar-refractivity contribution in [3.05, 3.63) is 81.8 Å². The number of carbonyl (C=O) groups is 1. The highest BCUT2D eigenvalue weighted by Crippen LogP contribution is 2.27. The molecule has 1 aromatic heterocycles. The fraction of sp³-hybridized carbons (Fsp3) is 0.360. The molecule has 0 radical (unpaired) electrons. The number of hydrogen-bond acceptors (Lipinski definition) is 5. The number of ether oxygens (including phenoxy) is 2. The number of aromatic nitrogens is 1. The van der Waals surface area contributed by atoms with E-state index in [-0.39, 0.29) is 5.91 Å². The Balaban J connectivity index is 1.65. The van der Waals surface area contributed by atoms with Gasteiger partial charge in [0.15, 0.2) is 0 Å². The normalized spacial score (nSPS) is 11.0. The number of benzene rings is 2. The molecule has 31 heavy (non-hydrogen) atoms. The molecule has 1 heterocycles. The summed E-state index contributed by atoms with van der Waals surface area (Å²) in [7, 11) is 1.67. The third-order valence-corrected chi connectivity index (χ3v) is 5.80. The quantitative estimate of drug-likeness (QED) is 0.370. The summed E-state index contributed by atoms with van der Waals surface area (Å²) in [6, 6.07) is 17.5. The molecule has 0 N–H and O–H groups in total. The van der Waals surface area contributed by atoms with Gasteiger partial charge in [0, 0.05) is 31.2 Å². The second-order valence-corrected chi connectivity index (χ2v) is 8.60. The topological polar surface area (TPSA) is 51.7 Å². The maximum Gasteiger partial charge on any atom is 0.254 e. The Bertz CT molecular complexity index is 956. The Morgan fingerprint density at radius 1 is 1.10 bits per heavy atom. The number of para-hydroxylation sites is 1. The SMILES string of the molecule is COCCCN(Cc1csc(COc2ccccc2C(C)C)n1)C(=O)c1ccccc1. The molecule has 164 valence electrons. The Morgan fingerprint density at radius 2 is 1.84 bits per heavy atom. The maximum absolute atomic E-state index is 13.0. The van der Waals surface area contributed by atoms with E-state index in [1.165, 1.54) is 5.56 Å². The van der Waals surface area contributed by atoms with Crippen LogP contribution in [0, 0.1) is 0 Å². The van der Waals surface area contributed by atoms with E-state index in [2.05, 4.69) is 19.9 Å². The van der Waals surface area contributed by atoms with Gasteiger partial charge >= 0.3 is 0 Å². The predicted molar refractivity (Wildman–Crippen MR) is 125 cm³/mol. The zero-order valence-corrected chi connectivity index (χ0v) is 19.2. The first-order valence-corrected chi connectivity index (χ1v) is 11.4. The second kappa shape index (κ2) is 11.6. The van der Waals surface area contributed by atoms with Crippen molar-refractivity contribution in [2.45, 2.75) is 39.3 Å². The van der Waals surface area contributed by atoms with Gasteiger partial charge in [0.05, 0.1) is 12.2 Å². The molecule has 0 aliphatic carbocycles. The Morgan fingerprint density at radius 3 is 2.58 bits per heavy atom. The summed E-state index contributed by atoms with van der Waals surface area (Å²) in [5.41, 5.74) is 2.75. The van der Waals surface area contributed by atoms with E-state index >= 15 is 0 Å². The van der Waals surface area contributed by atoms with Crippen LogP contribution >= 0.6 is 11.3 Å². The first kappa shape index (κ1) is 23.0. The summed E-state index contributed by atoms with van der Waals surface area (Å²) in [4.78, 5) is 19.5. The van der Waals surface area contributed by atoms with Crippen LogP contribution in [-0.2, 0) is 17.9 Å². The molecule has 0 aliphatic heterocycles. The molecule has 2 aromatic carbocycles. The van der Waals surface area contributed by atoms with E-state index in [0.717, 1.165) is 22.9 Å². The van der Waals surface area contributed by atoms with E-state index < -0.39 is 0 Å². The van der Waals surface area contributed by atoms with Gasteiger partial charge < -0.3 is 14.4 Å². The van der Waals surface area contributed by atoms with Crippen LogP contribution in [0.3, 0.4) is 0 Å². The lowest BCUT2D eigenvalue weighted by Gasteiger charge is -2.22. The van der Waals surface area contributed by atoms with Crippen molar-refractivity contribution >= 4 is 17.2 Å². The molecule has 0 atom stereocenters. The van der Waals surface area contributed by atoms with E-state index in [0.29, 0.717) is 37.8 Å². The van der Waals surface area contributed by atoms with Gasteiger partial charge in [-0.2, -0.15) is 0 Å². The standard InChI is InChI=1S/C25H30N2O3S/c1-19(2)22-12-7-8-13-23(22)30-17-24-26-21(18-31-24)16-27(14-9-15-29-3)25(28)20-10-5-4-6-11-20/h4-8,10-13,18-19H,9,14-17H2,1-3H3. The number of hydrogen-bond donors (Lipinski definition) is 0. The molecule has 0 saturated heterocycles. The van der Waals surface area contributed by atoms with Crippen LogP contribution in [0.2, 0.25) is 0 Å². The summed E-state index contributed by atoms with van der Waals surface area (Å²) in [5.74, 6) is 1.30. The highest BCUT2D eigenvalue weighted by Gasteiger charge is 2.17. The molecular formula is C25H30N2O3S. The lowest BCUT2D eigenvalue weighted by Crippen LogP contribution is -2.32. The second-order valence-electron chi connectivity index (χ2n) is 7.65. The van der Waals surface area contributed by atoms with E-state index in [1.807, 2.05) is 58.8 Å². The third kappa shape index (κ3) is 6.64. The Hall–Kier alpha value is -2.70. The van der Waals surface area contributed by atoms with Gasteiger partial charge in [-0.25, -0.2) is 4.98 Å². The van der Waals surface area contributed by atoms with Crippen molar-refractivity contribution in [3.63, 3.8) is 0 Å². The molecule has 0 saturated carbocycles. The van der Waals surface area contributed by atoms with E-state index in [9.17, 15) is 4.79 Å². The smallest absolute Gasteiger partial charge is 0.254 e. The Kier molecular flexibility index (Phi) is 8.62. The van der Waals surface area contributed by atoms with Crippen molar-refractivity contribution in [1.82, 2.24) is 9.88 Å². The molecule has 1 amide bonds. The number of methoxy groups -OCH3 is 1. The minimum Gasteiger partial charge on any atom is -0.486 e. The average Bonchev–Trinajstić information content (AvgIpc) is 3.24. The van der Waals surface area contributed by atoms with Gasteiger partial charge in [0.1, 0.15) is 17.4 Å². The molecule has 0 aliphatic rings. The monoisotopic (exact) mass is 438 g/mol.